The normalized spacial score (nSPS) is 15.2. The lowest BCUT2D eigenvalue weighted by Crippen LogP contribution is -2.39. The molecule has 0 bridgehead atoms. The van der Waals surface area contributed by atoms with Gasteiger partial charge in [-0.25, -0.2) is 0 Å². The van der Waals surface area contributed by atoms with Gasteiger partial charge in [0.15, 0.2) is 5.78 Å². The summed E-state index contributed by atoms with van der Waals surface area (Å²) in [6, 6.07) is 8.97. The second kappa shape index (κ2) is 7.72. The number of aryl methyl sites for hydroxylation is 1. The first-order chi connectivity index (χ1) is 13.2. The molecule has 2 aromatic rings. The third-order valence-corrected chi connectivity index (χ3v) is 5.02. The van der Waals surface area contributed by atoms with Crippen LogP contribution >= 0.6 is 0 Å². The number of ketones is 1. The minimum absolute atomic E-state index is 0.0246. The Morgan fingerprint density at radius 2 is 1.86 bits per heavy atom. The molecule has 0 spiro atoms. The smallest absolute Gasteiger partial charge is 0.268 e. The van der Waals surface area contributed by atoms with E-state index in [2.05, 4.69) is 5.32 Å². The van der Waals surface area contributed by atoms with Crippen molar-refractivity contribution in [3.05, 3.63) is 63.1 Å². The Morgan fingerprint density at radius 1 is 1.18 bits per heavy atom. The molecule has 0 saturated carbocycles. The molecule has 0 fully saturated rings. The minimum Gasteiger partial charge on any atom is -0.383 e. The highest BCUT2D eigenvalue weighted by Crippen LogP contribution is 2.35. The van der Waals surface area contributed by atoms with E-state index in [0.29, 0.717) is 36.4 Å². The molecule has 1 amide bonds. The van der Waals surface area contributed by atoms with Gasteiger partial charge in [0, 0.05) is 37.0 Å². The highest BCUT2D eigenvalue weighted by Gasteiger charge is 2.35. The van der Waals surface area contributed by atoms with Crippen molar-refractivity contribution in [2.45, 2.75) is 33.6 Å². The molecule has 0 unspecified atom stereocenters. The summed E-state index contributed by atoms with van der Waals surface area (Å²) in [7, 11) is 1.54. The highest BCUT2D eigenvalue weighted by molar-refractivity contribution is 6.02. The topological polar surface area (TPSA) is 77.4 Å². The Labute approximate surface area is 164 Å². The molecule has 28 heavy (non-hydrogen) atoms. The number of methoxy groups -OCH3 is 1. The molecule has 0 radical (unpaired) electrons. The molecule has 148 valence electrons. The summed E-state index contributed by atoms with van der Waals surface area (Å²) in [6.45, 7) is 6.63. The summed E-state index contributed by atoms with van der Waals surface area (Å²) < 4.78 is 6.47. The maximum absolute atomic E-state index is 13.3. The maximum Gasteiger partial charge on any atom is 0.268 e. The number of fused-ring (bicyclic) bond motifs is 1. The van der Waals surface area contributed by atoms with Crippen molar-refractivity contribution in [1.82, 2.24) is 9.88 Å². The number of ether oxygens (including phenoxy) is 1. The van der Waals surface area contributed by atoms with Crippen molar-refractivity contribution in [2.24, 2.45) is 5.41 Å². The largest absolute Gasteiger partial charge is 0.383 e. The molecule has 0 atom stereocenters. The van der Waals surface area contributed by atoms with Crippen molar-refractivity contribution in [3.8, 4) is 5.69 Å². The Morgan fingerprint density at radius 3 is 2.50 bits per heavy atom. The molecule has 1 aromatic heterocycles. The average Bonchev–Trinajstić information content (AvgIpc) is 2.62. The Balaban J connectivity index is 2.20. The monoisotopic (exact) mass is 382 g/mol. The summed E-state index contributed by atoms with van der Waals surface area (Å²) in [5.41, 5.74) is 2.16. The number of pyridine rings is 1. The summed E-state index contributed by atoms with van der Waals surface area (Å²) >= 11 is 0. The fourth-order valence-electron chi connectivity index (χ4n) is 3.61. The molecule has 6 nitrogen and oxygen atoms in total. The number of hydrogen-bond donors (Lipinski definition) is 1. The van der Waals surface area contributed by atoms with E-state index in [4.69, 9.17) is 4.74 Å². The summed E-state index contributed by atoms with van der Waals surface area (Å²) in [5.74, 6) is -0.540. The molecule has 1 aliphatic rings. The number of benzene rings is 1. The van der Waals surface area contributed by atoms with Crippen LogP contribution in [0.25, 0.3) is 5.69 Å². The fraction of sp³-hybridized carbons (Fsp3) is 0.409. The average molecular weight is 382 g/mol. The zero-order valence-electron chi connectivity index (χ0n) is 16.8. The molecule has 1 aromatic carbocycles. The highest BCUT2D eigenvalue weighted by atomic mass is 16.5. The molecular weight excluding hydrogens is 356 g/mol. The fourth-order valence-corrected chi connectivity index (χ4v) is 3.61. The van der Waals surface area contributed by atoms with Crippen LogP contribution in [0.2, 0.25) is 0 Å². The predicted molar refractivity (Wildman–Crippen MR) is 107 cm³/mol. The number of nitrogens with zero attached hydrogens (tertiary/aromatic N) is 1. The van der Waals surface area contributed by atoms with Crippen LogP contribution in [-0.4, -0.2) is 36.5 Å². The quantitative estimate of drug-likeness (QED) is 0.807. The number of aromatic nitrogens is 1. The minimum atomic E-state index is -0.497. The SMILES string of the molecule is COCCNC(=O)c1cc2c(n(-c3ccc(C)cc3)c1=O)CC(C)(C)CC2=O. The van der Waals surface area contributed by atoms with Crippen LogP contribution in [0.3, 0.4) is 0 Å². The third kappa shape index (κ3) is 3.92. The van der Waals surface area contributed by atoms with E-state index >= 15 is 0 Å². The van der Waals surface area contributed by atoms with Gasteiger partial charge in [-0.2, -0.15) is 0 Å². The first kappa shape index (κ1) is 20.0. The van der Waals surface area contributed by atoms with Gasteiger partial charge in [0.2, 0.25) is 0 Å². The molecule has 0 saturated heterocycles. The number of Topliss-reactive ketones (excluding diaryl/α,β-unsaturated/α-hetero) is 1. The Kier molecular flexibility index (Phi) is 5.52. The van der Waals surface area contributed by atoms with E-state index in [9.17, 15) is 14.4 Å². The van der Waals surface area contributed by atoms with Gasteiger partial charge in [0.05, 0.1) is 6.61 Å². The standard InChI is InChI=1S/C22H26N2O4/c1-14-5-7-15(8-6-14)24-18-12-22(2,3)13-19(25)16(18)11-17(21(24)27)20(26)23-9-10-28-4/h5-8,11H,9-10,12-13H2,1-4H3,(H,23,26). The van der Waals surface area contributed by atoms with Gasteiger partial charge in [-0.3, -0.25) is 19.0 Å². The summed E-state index contributed by atoms with van der Waals surface area (Å²) in [5, 5.41) is 2.68. The first-order valence-electron chi connectivity index (χ1n) is 9.40. The van der Waals surface area contributed by atoms with Gasteiger partial charge in [-0.15, -0.1) is 0 Å². The van der Waals surface area contributed by atoms with Gasteiger partial charge in [0.25, 0.3) is 11.5 Å². The third-order valence-electron chi connectivity index (χ3n) is 5.02. The number of carbonyl (C=O) groups is 2. The maximum atomic E-state index is 13.3. The van der Waals surface area contributed by atoms with E-state index < -0.39 is 11.5 Å². The number of amides is 1. The molecule has 1 N–H and O–H groups in total. The van der Waals surface area contributed by atoms with E-state index in [-0.39, 0.29) is 23.3 Å². The van der Waals surface area contributed by atoms with Crippen LogP contribution in [0.5, 0.6) is 0 Å². The van der Waals surface area contributed by atoms with Crippen molar-refractivity contribution in [2.75, 3.05) is 20.3 Å². The molecule has 0 aliphatic heterocycles. The first-order valence-corrected chi connectivity index (χ1v) is 9.40. The van der Waals surface area contributed by atoms with Crippen LogP contribution in [0.4, 0.5) is 0 Å². The van der Waals surface area contributed by atoms with Gasteiger partial charge in [0.1, 0.15) is 5.56 Å². The van der Waals surface area contributed by atoms with E-state index in [0.717, 1.165) is 5.56 Å². The van der Waals surface area contributed by atoms with Gasteiger partial charge in [-0.05, 0) is 37.0 Å². The van der Waals surface area contributed by atoms with Crippen LogP contribution in [0, 0.1) is 12.3 Å². The molecule has 3 rings (SSSR count). The van der Waals surface area contributed by atoms with Crippen LogP contribution in [-0.2, 0) is 11.2 Å². The van der Waals surface area contributed by atoms with Crippen LogP contribution in [0.1, 0.15) is 52.2 Å². The number of hydrogen-bond acceptors (Lipinski definition) is 4. The summed E-state index contributed by atoms with van der Waals surface area (Å²) in [6.07, 6.45) is 0.972. The van der Waals surface area contributed by atoms with E-state index in [1.807, 2.05) is 45.0 Å². The van der Waals surface area contributed by atoms with Crippen molar-refractivity contribution in [3.63, 3.8) is 0 Å². The lowest BCUT2D eigenvalue weighted by atomic mass is 9.75. The molecule has 1 heterocycles. The number of nitrogens with one attached hydrogen (secondary N) is 1. The van der Waals surface area contributed by atoms with Crippen molar-refractivity contribution in [1.29, 1.82) is 0 Å². The zero-order valence-corrected chi connectivity index (χ0v) is 16.8. The molecule has 1 aliphatic carbocycles. The number of carbonyl (C=O) groups excluding carboxylic acids is 2. The van der Waals surface area contributed by atoms with E-state index in [1.165, 1.54) is 17.7 Å². The van der Waals surface area contributed by atoms with Crippen LogP contribution in [0.15, 0.2) is 35.1 Å². The van der Waals surface area contributed by atoms with Gasteiger partial charge < -0.3 is 10.1 Å². The van der Waals surface area contributed by atoms with Gasteiger partial charge in [-0.1, -0.05) is 31.5 Å². The van der Waals surface area contributed by atoms with Crippen LogP contribution < -0.4 is 10.9 Å². The molecule has 6 heteroatoms. The van der Waals surface area contributed by atoms with Crippen molar-refractivity contribution >= 4 is 11.7 Å². The number of rotatable bonds is 5. The van der Waals surface area contributed by atoms with Crippen molar-refractivity contribution < 1.29 is 14.3 Å². The second-order valence-electron chi connectivity index (χ2n) is 8.08. The van der Waals surface area contributed by atoms with E-state index in [1.54, 1.807) is 0 Å². The lowest BCUT2D eigenvalue weighted by molar-refractivity contribution is 0.0908. The second-order valence-corrected chi connectivity index (χ2v) is 8.08. The Bertz CT molecular complexity index is 971. The predicted octanol–water partition coefficient (Wildman–Crippen LogP) is 2.68. The molecular formula is C22H26N2O4. The van der Waals surface area contributed by atoms with Gasteiger partial charge >= 0.3 is 0 Å². The Hall–Kier alpha value is -2.73. The lowest BCUT2D eigenvalue weighted by Gasteiger charge is -2.32. The zero-order chi connectivity index (χ0) is 20.5. The summed E-state index contributed by atoms with van der Waals surface area (Å²) in [4.78, 5) is 38.7.